The number of rotatable bonds is 2. The lowest BCUT2D eigenvalue weighted by atomic mass is 10.0. The maximum Gasteiger partial charge on any atom is 0.193 e. The molecule has 0 bridgehead atoms. The lowest BCUT2D eigenvalue weighted by Crippen LogP contribution is -2.21. The molecule has 2 rings (SSSR count). The van der Waals surface area contributed by atoms with Crippen molar-refractivity contribution in [2.45, 2.75) is 38.9 Å². The van der Waals surface area contributed by atoms with Gasteiger partial charge in [-0.2, -0.15) is 0 Å². The van der Waals surface area contributed by atoms with Gasteiger partial charge in [0, 0.05) is 18.0 Å². The number of hydrogen-bond acceptors (Lipinski definition) is 3. The van der Waals surface area contributed by atoms with E-state index in [1.807, 2.05) is 19.9 Å². The molecule has 1 aromatic heterocycles. The van der Waals surface area contributed by atoms with Crippen LogP contribution >= 0.6 is 0 Å². The second kappa shape index (κ2) is 4.11. The average Bonchev–Trinajstić information content (AvgIpc) is 2.64. The molecular formula is C12H15NO2. The van der Waals surface area contributed by atoms with Gasteiger partial charge in [0.25, 0.3) is 0 Å². The first kappa shape index (κ1) is 10.3. The van der Waals surface area contributed by atoms with E-state index in [0.29, 0.717) is 5.56 Å². The fourth-order valence-electron chi connectivity index (χ4n) is 1.87. The maximum atomic E-state index is 12.0. The molecule has 1 fully saturated rings. The Morgan fingerprint density at radius 2 is 2.27 bits per heavy atom. The van der Waals surface area contributed by atoms with E-state index < -0.39 is 0 Å². The van der Waals surface area contributed by atoms with Crippen molar-refractivity contribution in [1.29, 1.82) is 0 Å². The van der Waals surface area contributed by atoms with Gasteiger partial charge in [-0.05, 0) is 38.3 Å². The maximum absolute atomic E-state index is 12.0. The Hall–Kier alpha value is -1.22. The fraction of sp³-hybridized carbons (Fsp3) is 0.500. The number of carbonyl (C=O) groups excluding carboxylic acids is 1. The number of carbonyl (C=O) groups is 1. The van der Waals surface area contributed by atoms with Gasteiger partial charge in [0.05, 0.1) is 6.10 Å². The van der Waals surface area contributed by atoms with Crippen molar-refractivity contribution in [1.82, 2.24) is 4.98 Å². The van der Waals surface area contributed by atoms with E-state index in [9.17, 15) is 4.79 Å². The number of aromatic nitrogens is 1. The van der Waals surface area contributed by atoms with Crippen molar-refractivity contribution in [3.63, 3.8) is 0 Å². The van der Waals surface area contributed by atoms with Crippen LogP contribution in [0.1, 0.15) is 35.7 Å². The summed E-state index contributed by atoms with van der Waals surface area (Å²) in [6, 6.07) is 1.86. The molecule has 0 saturated carbocycles. The summed E-state index contributed by atoms with van der Waals surface area (Å²) in [5.74, 6) is 0.0653. The first-order chi connectivity index (χ1) is 7.16. The van der Waals surface area contributed by atoms with E-state index in [0.717, 1.165) is 18.4 Å². The predicted molar refractivity (Wildman–Crippen MR) is 56.9 cm³/mol. The van der Waals surface area contributed by atoms with Crippen LogP contribution in [-0.2, 0) is 4.74 Å². The molecule has 0 spiro atoms. The zero-order valence-corrected chi connectivity index (χ0v) is 9.06. The van der Waals surface area contributed by atoms with Crippen molar-refractivity contribution >= 4 is 5.78 Å². The largest absolute Gasteiger partial charge is 0.367 e. The summed E-state index contributed by atoms with van der Waals surface area (Å²) in [6.07, 6.45) is 5.10. The third-order valence-electron chi connectivity index (χ3n) is 2.68. The normalized spacial score (nSPS) is 25.5. The lowest BCUT2D eigenvalue weighted by Gasteiger charge is -2.09. The van der Waals surface area contributed by atoms with Crippen LogP contribution in [0.25, 0.3) is 0 Å². The zero-order chi connectivity index (χ0) is 10.8. The van der Waals surface area contributed by atoms with E-state index in [-0.39, 0.29) is 18.0 Å². The predicted octanol–water partition coefficient (Wildman–Crippen LogP) is 2.14. The number of hydrogen-bond donors (Lipinski definition) is 0. The molecule has 1 aliphatic heterocycles. The van der Waals surface area contributed by atoms with E-state index in [1.54, 1.807) is 12.4 Å². The van der Waals surface area contributed by atoms with Crippen LogP contribution in [0.2, 0.25) is 0 Å². The van der Waals surface area contributed by atoms with Gasteiger partial charge in [0.15, 0.2) is 5.78 Å². The topological polar surface area (TPSA) is 39.2 Å². The van der Waals surface area contributed by atoms with Crippen molar-refractivity contribution in [2.24, 2.45) is 0 Å². The van der Waals surface area contributed by atoms with Crippen LogP contribution in [0.5, 0.6) is 0 Å². The van der Waals surface area contributed by atoms with E-state index in [4.69, 9.17) is 4.74 Å². The highest BCUT2D eigenvalue weighted by Gasteiger charge is 2.28. The Morgan fingerprint density at radius 1 is 1.47 bits per heavy atom. The smallest absolute Gasteiger partial charge is 0.193 e. The molecule has 3 nitrogen and oxygen atoms in total. The van der Waals surface area contributed by atoms with E-state index in [1.165, 1.54) is 0 Å². The third kappa shape index (κ3) is 2.23. The average molecular weight is 205 g/mol. The Balaban J connectivity index is 2.14. The molecule has 80 valence electrons. The molecule has 0 radical (unpaired) electrons. The number of ketones is 1. The van der Waals surface area contributed by atoms with Crippen molar-refractivity contribution < 1.29 is 9.53 Å². The summed E-state index contributed by atoms with van der Waals surface area (Å²) in [5.41, 5.74) is 1.67. The molecule has 2 atom stereocenters. The quantitative estimate of drug-likeness (QED) is 0.694. The summed E-state index contributed by atoms with van der Waals surface area (Å²) >= 11 is 0. The first-order valence-corrected chi connectivity index (χ1v) is 5.28. The molecule has 0 aromatic carbocycles. The molecule has 0 N–H and O–H groups in total. The Labute approximate surface area is 89.5 Å². The second-order valence-corrected chi connectivity index (χ2v) is 4.13. The number of ether oxygens (including phenoxy) is 1. The highest BCUT2D eigenvalue weighted by atomic mass is 16.5. The highest BCUT2D eigenvalue weighted by molar-refractivity contribution is 5.99. The zero-order valence-electron chi connectivity index (χ0n) is 9.06. The number of pyridine rings is 1. The van der Waals surface area contributed by atoms with Gasteiger partial charge < -0.3 is 4.74 Å². The minimum Gasteiger partial charge on any atom is -0.367 e. The van der Waals surface area contributed by atoms with Crippen molar-refractivity contribution in [2.75, 3.05) is 0 Å². The van der Waals surface area contributed by atoms with E-state index in [2.05, 4.69) is 4.98 Å². The van der Waals surface area contributed by atoms with Crippen LogP contribution in [0.4, 0.5) is 0 Å². The molecule has 2 heterocycles. The number of Topliss-reactive ketones (excluding diaryl/α,β-unsaturated/α-hetero) is 1. The van der Waals surface area contributed by atoms with E-state index >= 15 is 0 Å². The number of nitrogens with zero attached hydrogens (tertiary/aromatic N) is 1. The van der Waals surface area contributed by atoms with Crippen molar-refractivity contribution in [3.05, 3.63) is 29.6 Å². The molecule has 15 heavy (non-hydrogen) atoms. The summed E-state index contributed by atoms with van der Waals surface area (Å²) in [6.45, 7) is 3.93. The van der Waals surface area contributed by atoms with Gasteiger partial charge in [-0.15, -0.1) is 0 Å². The summed E-state index contributed by atoms with van der Waals surface area (Å²) in [7, 11) is 0. The molecule has 1 saturated heterocycles. The standard InChI is InChI=1S/C12H15NO2/c1-8-5-10(7-13-6-8)12(14)11-4-3-9(2)15-11/h5-7,9,11H,3-4H2,1-2H3. The first-order valence-electron chi connectivity index (χ1n) is 5.28. The number of aryl methyl sites for hydroxylation is 1. The Morgan fingerprint density at radius 3 is 2.87 bits per heavy atom. The summed E-state index contributed by atoms with van der Waals surface area (Å²) in [4.78, 5) is 16.0. The highest BCUT2D eigenvalue weighted by Crippen LogP contribution is 2.22. The van der Waals surface area contributed by atoms with Crippen LogP contribution in [-0.4, -0.2) is 23.0 Å². The van der Waals surface area contributed by atoms with Crippen LogP contribution in [0.3, 0.4) is 0 Å². The summed E-state index contributed by atoms with van der Waals surface area (Å²) < 4.78 is 5.54. The lowest BCUT2D eigenvalue weighted by molar-refractivity contribution is 0.0433. The molecule has 0 aliphatic carbocycles. The second-order valence-electron chi connectivity index (χ2n) is 4.13. The minimum absolute atomic E-state index is 0.0653. The van der Waals surface area contributed by atoms with Gasteiger partial charge in [-0.25, -0.2) is 0 Å². The third-order valence-corrected chi connectivity index (χ3v) is 2.68. The Kier molecular flexibility index (Phi) is 2.82. The van der Waals surface area contributed by atoms with Crippen LogP contribution in [0.15, 0.2) is 18.5 Å². The van der Waals surface area contributed by atoms with Crippen LogP contribution in [0, 0.1) is 6.92 Å². The van der Waals surface area contributed by atoms with Gasteiger partial charge in [-0.1, -0.05) is 0 Å². The van der Waals surface area contributed by atoms with Crippen molar-refractivity contribution in [3.8, 4) is 0 Å². The fourth-order valence-corrected chi connectivity index (χ4v) is 1.87. The van der Waals surface area contributed by atoms with Crippen LogP contribution < -0.4 is 0 Å². The molecule has 1 aliphatic rings. The minimum atomic E-state index is -0.261. The summed E-state index contributed by atoms with van der Waals surface area (Å²) in [5, 5.41) is 0. The monoisotopic (exact) mass is 205 g/mol. The molecule has 0 amide bonds. The molecule has 2 unspecified atom stereocenters. The van der Waals surface area contributed by atoms with Gasteiger partial charge in [-0.3, -0.25) is 9.78 Å². The SMILES string of the molecule is Cc1cncc(C(=O)C2CCC(C)O2)c1. The van der Waals surface area contributed by atoms with Gasteiger partial charge >= 0.3 is 0 Å². The Bertz CT molecular complexity index is 376. The van der Waals surface area contributed by atoms with Gasteiger partial charge in [0.1, 0.15) is 6.10 Å². The molecular weight excluding hydrogens is 190 g/mol. The molecule has 1 aromatic rings. The molecule has 3 heteroatoms. The van der Waals surface area contributed by atoms with Gasteiger partial charge in [0.2, 0.25) is 0 Å².